The van der Waals surface area contributed by atoms with Crippen LogP contribution in [0.1, 0.15) is 35.1 Å². The van der Waals surface area contributed by atoms with Crippen molar-refractivity contribution in [2.24, 2.45) is 5.92 Å². The Morgan fingerprint density at radius 1 is 0.842 bits per heavy atom. The molecule has 3 aromatic carbocycles. The fourth-order valence-corrected chi connectivity index (χ4v) is 4.49. The van der Waals surface area contributed by atoms with E-state index in [0.717, 1.165) is 5.56 Å². The molecule has 2 atom stereocenters. The number of Topliss-reactive ketones (excluding diaryl/α,β-unsaturated/α-hetero) is 1. The largest absolute Gasteiger partial charge is 0.508 e. The van der Waals surface area contributed by atoms with Crippen LogP contribution < -0.4 is 9.47 Å². The second kappa shape index (κ2) is 13.0. The van der Waals surface area contributed by atoms with Crippen LogP contribution in [0.2, 0.25) is 0 Å². The van der Waals surface area contributed by atoms with Gasteiger partial charge < -0.3 is 40.1 Å². The number of carbonyl (C=O) groups excluding carboxylic acids is 1. The maximum absolute atomic E-state index is 13.4. The zero-order valence-corrected chi connectivity index (χ0v) is 21.4. The maximum Gasteiger partial charge on any atom is 0.200 e. The summed E-state index contributed by atoms with van der Waals surface area (Å²) < 4.78 is 10.2. The molecule has 3 rings (SSSR count). The standard InChI is InChI=1S/C29H34O9/c1-37-27-13-17(7-11-25(27)34)6-9-23(32)20(15-19-4-3-5-22(31)21(19)16-30)24(33)10-8-18-12-26(35)29(36)28(14-18)38-2/h3-5,7,11-14,20,23,30-32,34-36H,6,8-10,15-16H2,1-2H3/t20-,23-/m1/s1. The number of aryl methyl sites for hydroxylation is 2. The van der Waals surface area contributed by atoms with Crippen LogP contribution in [0.15, 0.2) is 48.5 Å². The van der Waals surface area contributed by atoms with Gasteiger partial charge in [0.15, 0.2) is 23.0 Å². The van der Waals surface area contributed by atoms with E-state index in [2.05, 4.69) is 0 Å². The summed E-state index contributed by atoms with van der Waals surface area (Å²) in [6.45, 7) is -0.418. The van der Waals surface area contributed by atoms with E-state index in [1.165, 1.54) is 38.5 Å². The molecule has 3 aromatic rings. The summed E-state index contributed by atoms with van der Waals surface area (Å²) in [4.78, 5) is 13.4. The summed E-state index contributed by atoms with van der Waals surface area (Å²) in [6, 6.07) is 12.5. The van der Waals surface area contributed by atoms with Crippen LogP contribution in [0, 0.1) is 5.92 Å². The van der Waals surface area contributed by atoms with E-state index >= 15 is 0 Å². The number of phenolic OH excluding ortho intramolecular Hbond substituents is 3. The monoisotopic (exact) mass is 526 g/mol. The van der Waals surface area contributed by atoms with E-state index in [4.69, 9.17) is 9.47 Å². The molecule has 0 amide bonds. The highest BCUT2D eigenvalue weighted by atomic mass is 16.5. The average Bonchev–Trinajstić information content (AvgIpc) is 2.91. The summed E-state index contributed by atoms with van der Waals surface area (Å²) in [5.41, 5.74) is 2.24. The van der Waals surface area contributed by atoms with Crippen LogP contribution in [0.5, 0.6) is 34.5 Å². The normalized spacial score (nSPS) is 12.6. The Hall–Kier alpha value is -3.95. The van der Waals surface area contributed by atoms with Gasteiger partial charge in [0.25, 0.3) is 0 Å². The van der Waals surface area contributed by atoms with Crippen molar-refractivity contribution in [2.45, 2.75) is 44.8 Å². The average molecular weight is 527 g/mol. The Morgan fingerprint density at radius 3 is 2.24 bits per heavy atom. The zero-order valence-electron chi connectivity index (χ0n) is 21.4. The number of carbonyl (C=O) groups is 1. The minimum atomic E-state index is -1.04. The number of ether oxygens (including phenoxy) is 2. The van der Waals surface area contributed by atoms with Crippen molar-refractivity contribution in [2.75, 3.05) is 14.2 Å². The molecule has 0 radical (unpaired) electrons. The Labute approximate surface area is 221 Å². The molecule has 6 N–H and O–H groups in total. The number of ketones is 1. The predicted molar refractivity (Wildman–Crippen MR) is 140 cm³/mol. The summed E-state index contributed by atoms with van der Waals surface area (Å²) >= 11 is 0. The highest BCUT2D eigenvalue weighted by Gasteiger charge is 2.28. The van der Waals surface area contributed by atoms with Crippen molar-refractivity contribution >= 4 is 5.78 Å². The Bertz CT molecular complexity index is 1260. The SMILES string of the molecule is COc1cc(CC[C@@H](O)[C@@H](Cc2cccc(O)c2CO)C(=O)CCc2cc(O)c(O)c(OC)c2)ccc1O. The van der Waals surface area contributed by atoms with Gasteiger partial charge in [-0.1, -0.05) is 18.2 Å². The molecule has 0 aromatic heterocycles. The van der Waals surface area contributed by atoms with Crippen LogP contribution in [-0.4, -0.2) is 56.7 Å². The van der Waals surface area contributed by atoms with Gasteiger partial charge in [-0.05, 0) is 72.7 Å². The molecule has 9 nitrogen and oxygen atoms in total. The lowest BCUT2D eigenvalue weighted by atomic mass is 9.84. The molecule has 0 bridgehead atoms. The predicted octanol–water partition coefficient (Wildman–Crippen LogP) is 3.37. The lowest BCUT2D eigenvalue weighted by Crippen LogP contribution is -2.31. The lowest BCUT2D eigenvalue weighted by molar-refractivity contribution is -0.126. The molecule has 38 heavy (non-hydrogen) atoms. The topological polar surface area (TPSA) is 157 Å². The van der Waals surface area contributed by atoms with E-state index in [1.54, 1.807) is 24.3 Å². The highest BCUT2D eigenvalue weighted by Crippen LogP contribution is 2.37. The van der Waals surface area contributed by atoms with Gasteiger partial charge in [0.2, 0.25) is 5.75 Å². The van der Waals surface area contributed by atoms with Crippen molar-refractivity contribution in [1.29, 1.82) is 0 Å². The van der Waals surface area contributed by atoms with Crippen molar-refractivity contribution in [3.8, 4) is 34.5 Å². The maximum atomic E-state index is 13.4. The molecule has 0 heterocycles. The van der Waals surface area contributed by atoms with Crippen LogP contribution in [0.25, 0.3) is 0 Å². The minimum absolute atomic E-state index is 0.00201. The first kappa shape index (κ1) is 28.6. The quantitative estimate of drug-likeness (QED) is 0.184. The van der Waals surface area contributed by atoms with Gasteiger partial charge in [-0.2, -0.15) is 0 Å². The van der Waals surface area contributed by atoms with E-state index in [0.29, 0.717) is 28.9 Å². The molecule has 204 valence electrons. The molecule has 9 heteroatoms. The molecule has 0 saturated heterocycles. The molecular formula is C29H34O9. The summed E-state index contributed by atoms with van der Waals surface area (Å²) in [6.07, 6.45) is -0.0149. The third-order valence-electron chi connectivity index (χ3n) is 6.69. The second-order valence-electron chi connectivity index (χ2n) is 9.13. The number of hydrogen-bond donors (Lipinski definition) is 6. The minimum Gasteiger partial charge on any atom is -0.508 e. The number of aliphatic hydroxyl groups excluding tert-OH is 2. The number of rotatable bonds is 13. The zero-order chi connectivity index (χ0) is 27.8. The van der Waals surface area contributed by atoms with Gasteiger partial charge in [-0.25, -0.2) is 0 Å². The summed E-state index contributed by atoms with van der Waals surface area (Å²) in [7, 11) is 2.80. The van der Waals surface area contributed by atoms with Crippen molar-refractivity contribution in [1.82, 2.24) is 0 Å². The van der Waals surface area contributed by atoms with Crippen LogP contribution in [-0.2, 0) is 30.7 Å². The molecule has 0 unspecified atom stereocenters. The molecule has 0 spiro atoms. The number of methoxy groups -OCH3 is 2. The highest BCUT2D eigenvalue weighted by molar-refractivity contribution is 5.82. The number of hydrogen-bond acceptors (Lipinski definition) is 9. The summed E-state index contributed by atoms with van der Waals surface area (Å²) in [5, 5.41) is 60.7. The van der Waals surface area contributed by atoms with Crippen LogP contribution in [0.4, 0.5) is 0 Å². The van der Waals surface area contributed by atoms with Gasteiger partial charge in [0.05, 0.1) is 26.9 Å². The fourth-order valence-electron chi connectivity index (χ4n) is 4.49. The van der Waals surface area contributed by atoms with E-state index < -0.39 is 18.6 Å². The number of aliphatic hydroxyl groups is 2. The lowest BCUT2D eigenvalue weighted by Gasteiger charge is -2.24. The number of aromatic hydroxyl groups is 4. The Kier molecular flexibility index (Phi) is 9.81. The van der Waals surface area contributed by atoms with Gasteiger partial charge in [0.1, 0.15) is 11.5 Å². The molecule has 0 saturated carbocycles. The Balaban J connectivity index is 1.81. The summed E-state index contributed by atoms with van der Waals surface area (Å²) in [5.74, 6) is -1.52. The first-order valence-corrected chi connectivity index (χ1v) is 12.2. The first-order chi connectivity index (χ1) is 18.2. The molecule has 0 aliphatic heterocycles. The van der Waals surface area contributed by atoms with Gasteiger partial charge in [0, 0.05) is 17.9 Å². The molecule has 0 fully saturated rings. The molecular weight excluding hydrogens is 492 g/mol. The second-order valence-corrected chi connectivity index (χ2v) is 9.13. The molecule has 0 aliphatic carbocycles. The number of benzene rings is 3. The van der Waals surface area contributed by atoms with Crippen LogP contribution >= 0.6 is 0 Å². The third kappa shape index (κ3) is 6.87. The van der Waals surface area contributed by atoms with Gasteiger partial charge >= 0.3 is 0 Å². The number of phenols is 4. The van der Waals surface area contributed by atoms with Gasteiger partial charge in [-0.15, -0.1) is 0 Å². The first-order valence-electron chi connectivity index (χ1n) is 12.2. The van der Waals surface area contributed by atoms with Crippen LogP contribution in [0.3, 0.4) is 0 Å². The Morgan fingerprint density at radius 2 is 1.55 bits per heavy atom. The fraction of sp³-hybridized carbons (Fsp3) is 0.345. The van der Waals surface area contributed by atoms with Gasteiger partial charge in [-0.3, -0.25) is 4.79 Å². The van der Waals surface area contributed by atoms with E-state index in [1.807, 2.05) is 0 Å². The smallest absolute Gasteiger partial charge is 0.200 e. The van der Waals surface area contributed by atoms with Crippen molar-refractivity contribution < 1.29 is 44.9 Å². The third-order valence-corrected chi connectivity index (χ3v) is 6.69. The van der Waals surface area contributed by atoms with Crippen molar-refractivity contribution in [3.05, 3.63) is 70.8 Å². The van der Waals surface area contributed by atoms with E-state index in [-0.39, 0.29) is 60.2 Å². The van der Waals surface area contributed by atoms with E-state index in [9.17, 15) is 35.4 Å². The van der Waals surface area contributed by atoms with Crippen molar-refractivity contribution in [3.63, 3.8) is 0 Å². The molecule has 0 aliphatic rings.